The Morgan fingerprint density at radius 2 is 1.83 bits per heavy atom. The van der Waals surface area contributed by atoms with E-state index in [0.29, 0.717) is 39.7 Å². The number of rotatable bonds is 5. The smallest absolute Gasteiger partial charge is 0.270 e. The van der Waals surface area contributed by atoms with Crippen molar-refractivity contribution in [1.29, 1.82) is 5.26 Å². The van der Waals surface area contributed by atoms with Gasteiger partial charge < -0.3 is 4.90 Å². The molecule has 2 aromatic rings. The molecule has 0 aliphatic carbocycles. The molecule has 0 N–H and O–H groups in total. The quantitative estimate of drug-likeness (QED) is 0.423. The van der Waals surface area contributed by atoms with Crippen LogP contribution in [0.3, 0.4) is 0 Å². The number of pyridine rings is 1. The van der Waals surface area contributed by atoms with Crippen LogP contribution in [0.4, 0.5) is 5.82 Å². The molecule has 2 unspecified atom stereocenters. The van der Waals surface area contributed by atoms with Gasteiger partial charge in [-0.2, -0.15) is 5.26 Å². The number of hydrogen-bond acceptors (Lipinski definition) is 6. The predicted octanol–water partition coefficient (Wildman–Crippen LogP) is 4.93. The van der Waals surface area contributed by atoms with Crippen LogP contribution in [0, 0.1) is 30.1 Å². The minimum atomic E-state index is -0.276. The number of thioether (sulfide) groups is 1. The third kappa shape index (κ3) is 4.93. The summed E-state index contributed by atoms with van der Waals surface area (Å²) in [6, 6.07) is 11.9. The summed E-state index contributed by atoms with van der Waals surface area (Å²) in [5.74, 6) is 1.60. The zero-order valence-corrected chi connectivity index (χ0v) is 22.2. The van der Waals surface area contributed by atoms with Crippen molar-refractivity contribution in [2.24, 2.45) is 11.8 Å². The van der Waals surface area contributed by atoms with Crippen LogP contribution in [-0.2, 0) is 17.9 Å². The van der Waals surface area contributed by atoms with Crippen LogP contribution in [0.25, 0.3) is 6.08 Å². The van der Waals surface area contributed by atoms with E-state index in [0.717, 1.165) is 36.5 Å². The average Bonchev–Trinajstić information content (AvgIpc) is 3.08. The number of nitriles is 1. The molecule has 1 aromatic heterocycles. The lowest BCUT2D eigenvalue weighted by atomic mass is 9.91. The van der Waals surface area contributed by atoms with E-state index in [9.17, 15) is 14.9 Å². The van der Waals surface area contributed by atoms with E-state index < -0.39 is 0 Å². The molecule has 4 rings (SSSR count). The number of anilines is 1. The third-order valence-electron chi connectivity index (χ3n) is 6.66. The minimum absolute atomic E-state index is 0.125. The number of carbonyl (C=O) groups excluding carboxylic acids is 1. The molecule has 3 heterocycles. The van der Waals surface area contributed by atoms with Crippen LogP contribution in [0.15, 0.2) is 40.0 Å². The molecule has 2 fully saturated rings. The summed E-state index contributed by atoms with van der Waals surface area (Å²) in [7, 11) is 0. The lowest BCUT2D eigenvalue weighted by Gasteiger charge is -2.38. The largest absolute Gasteiger partial charge is 0.357 e. The summed E-state index contributed by atoms with van der Waals surface area (Å²) in [6.07, 6.45) is 2.97. The van der Waals surface area contributed by atoms with Crippen LogP contribution in [0.1, 0.15) is 49.4 Å². The molecule has 1 aromatic carbocycles. The van der Waals surface area contributed by atoms with Crippen LogP contribution in [0.2, 0.25) is 0 Å². The number of aromatic nitrogens is 1. The van der Waals surface area contributed by atoms with E-state index in [-0.39, 0.29) is 17.0 Å². The molecular formula is C27H30N4O2S2. The monoisotopic (exact) mass is 506 g/mol. The zero-order valence-electron chi connectivity index (χ0n) is 20.6. The maximum absolute atomic E-state index is 13.4. The first-order valence-corrected chi connectivity index (χ1v) is 13.2. The molecule has 2 atom stereocenters. The standard InChI is InChI=1S/C27H30N4O2S2/c1-5-30-24(29-14-17(2)11-18(3)15-29)21(19(4)22(13-28)25(30)32)12-23-26(33)31(27(34)35-23)16-20-9-7-6-8-10-20/h6-10,12,17-18H,5,11,14-16H2,1-4H3/b23-12-. The number of amides is 1. The Bertz CT molecular complexity index is 1280. The van der Waals surface area contributed by atoms with Gasteiger partial charge in [-0.25, -0.2) is 0 Å². The number of carbonyl (C=O) groups is 1. The van der Waals surface area contributed by atoms with Crippen molar-refractivity contribution >= 4 is 46.1 Å². The van der Waals surface area contributed by atoms with Crippen molar-refractivity contribution in [2.75, 3.05) is 18.0 Å². The third-order valence-corrected chi connectivity index (χ3v) is 8.04. The normalized spacial score (nSPS) is 21.6. The van der Waals surface area contributed by atoms with Crippen molar-refractivity contribution < 1.29 is 4.79 Å². The lowest BCUT2D eigenvalue weighted by molar-refractivity contribution is -0.122. The molecule has 0 radical (unpaired) electrons. The summed E-state index contributed by atoms with van der Waals surface area (Å²) in [5, 5.41) is 9.79. The fourth-order valence-electron chi connectivity index (χ4n) is 5.15. The first-order chi connectivity index (χ1) is 16.7. The number of thiocarbonyl (C=S) groups is 1. The summed E-state index contributed by atoms with van der Waals surface area (Å²) < 4.78 is 2.20. The van der Waals surface area contributed by atoms with Gasteiger partial charge in [-0.15, -0.1) is 0 Å². The van der Waals surface area contributed by atoms with Crippen molar-refractivity contribution in [1.82, 2.24) is 9.47 Å². The van der Waals surface area contributed by atoms with E-state index in [1.54, 1.807) is 16.4 Å². The summed E-state index contributed by atoms with van der Waals surface area (Å²) >= 11 is 6.83. The van der Waals surface area contributed by atoms with Gasteiger partial charge in [0.15, 0.2) is 0 Å². The van der Waals surface area contributed by atoms with Gasteiger partial charge in [-0.3, -0.25) is 19.1 Å². The second kappa shape index (κ2) is 10.4. The van der Waals surface area contributed by atoms with E-state index in [2.05, 4.69) is 24.8 Å². The van der Waals surface area contributed by atoms with Gasteiger partial charge in [0, 0.05) is 25.2 Å². The highest BCUT2D eigenvalue weighted by Crippen LogP contribution is 2.37. The Morgan fingerprint density at radius 3 is 2.43 bits per heavy atom. The van der Waals surface area contributed by atoms with Gasteiger partial charge in [-0.1, -0.05) is 68.2 Å². The molecule has 2 aliphatic rings. The van der Waals surface area contributed by atoms with E-state index in [1.165, 1.54) is 11.8 Å². The summed E-state index contributed by atoms with van der Waals surface area (Å²) in [5.41, 5.74) is 2.22. The molecule has 0 saturated carbocycles. The molecule has 0 bridgehead atoms. The summed E-state index contributed by atoms with van der Waals surface area (Å²) in [4.78, 5) is 31.0. The topological polar surface area (TPSA) is 69.3 Å². The van der Waals surface area contributed by atoms with Crippen molar-refractivity contribution in [3.05, 3.63) is 67.8 Å². The molecular weight excluding hydrogens is 476 g/mol. The van der Waals surface area contributed by atoms with E-state index >= 15 is 0 Å². The van der Waals surface area contributed by atoms with Crippen LogP contribution in [-0.4, -0.2) is 32.8 Å². The second-order valence-corrected chi connectivity index (χ2v) is 11.2. The molecule has 2 aliphatic heterocycles. The van der Waals surface area contributed by atoms with Gasteiger partial charge in [0.1, 0.15) is 21.8 Å². The highest BCUT2D eigenvalue weighted by atomic mass is 32.2. The highest BCUT2D eigenvalue weighted by Gasteiger charge is 2.34. The molecule has 182 valence electrons. The number of nitrogens with zero attached hydrogens (tertiary/aromatic N) is 4. The Kier molecular flexibility index (Phi) is 7.48. The first kappa shape index (κ1) is 25.2. The van der Waals surface area contributed by atoms with Crippen molar-refractivity contribution in [3.8, 4) is 6.07 Å². The molecule has 0 spiro atoms. The minimum Gasteiger partial charge on any atom is -0.357 e. The van der Waals surface area contributed by atoms with Crippen molar-refractivity contribution in [2.45, 2.75) is 47.2 Å². The van der Waals surface area contributed by atoms with Crippen LogP contribution >= 0.6 is 24.0 Å². The molecule has 6 nitrogen and oxygen atoms in total. The molecule has 35 heavy (non-hydrogen) atoms. The predicted molar refractivity (Wildman–Crippen MR) is 146 cm³/mol. The SMILES string of the molecule is CCn1c(N2CC(C)CC(C)C2)c(/C=C2\SC(=S)N(Cc3ccccc3)C2=O)c(C)c(C#N)c1=O. The van der Waals surface area contributed by atoms with Gasteiger partial charge >= 0.3 is 0 Å². The maximum Gasteiger partial charge on any atom is 0.270 e. The van der Waals surface area contributed by atoms with Gasteiger partial charge in [0.25, 0.3) is 11.5 Å². The average molecular weight is 507 g/mol. The fraction of sp³-hybridized carbons (Fsp3) is 0.407. The number of piperidine rings is 1. The maximum atomic E-state index is 13.4. The first-order valence-electron chi connectivity index (χ1n) is 12.0. The second-order valence-electron chi connectivity index (χ2n) is 9.50. The van der Waals surface area contributed by atoms with Crippen LogP contribution in [0.5, 0.6) is 0 Å². The Hall–Kier alpha value is -2.89. The Balaban J connectivity index is 1.83. The van der Waals surface area contributed by atoms with E-state index in [1.807, 2.05) is 43.3 Å². The Labute approximate surface area is 216 Å². The number of benzene rings is 1. The molecule has 1 amide bonds. The fourth-order valence-corrected chi connectivity index (χ4v) is 6.38. The van der Waals surface area contributed by atoms with E-state index in [4.69, 9.17) is 12.2 Å². The molecule has 2 saturated heterocycles. The molecule has 8 heteroatoms. The number of hydrogen-bond donors (Lipinski definition) is 0. The lowest BCUT2D eigenvalue weighted by Crippen LogP contribution is -2.42. The van der Waals surface area contributed by atoms with Gasteiger partial charge in [-0.05, 0) is 49.3 Å². The van der Waals surface area contributed by atoms with Gasteiger partial charge in [0.05, 0.1) is 11.4 Å². The highest BCUT2D eigenvalue weighted by molar-refractivity contribution is 8.26. The Morgan fingerprint density at radius 1 is 1.17 bits per heavy atom. The summed E-state index contributed by atoms with van der Waals surface area (Å²) in [6.45, 7) is 10.7. The van der Waals surface area contributed by atoms with Crippen LogP contribution < -0.4 is 10.5 Å². The van der Waals surface area contributed by atoms with Gasteiger partial charge in [0.2, 0.25) is 0 Å². The van der Waals surface area contributed by atoms with Crippen molar-refractivity contribution in [3.63, 3.8) is 0 Å². The zero-order chi connectivity index (χ0) is 25.3.